The maximum absolute atomic E-state index is 14.2. The predicted molar refractivity (Wildman–Crippen MR) is 241 cm³/mol. The van der Waals surface area contributed by atoms with Crippen LogP contribution < -0.4 is 5.32 Å². The molecule has 13 heteroatoms. The quantitative estimate of drug-likeness (QED) is 0.144. The Hall–Kier alpha value is -5.82. The highest BCUT2D eigenvalue weighted by Crippen LogP contribution is 2.43. The number of aromatic nitrogens is 2. The molecule has 4 atom stereocenters. The van der Waals surface area contributed by atoms with Crippen molar-refractivity contribution in [1.29, 1.82) is 0 Å². The monoisotopic (exact) mass is 854 g/mol. The zero-order valence-corrected chi connectivity index (χ0v) is 36.8. The number of alkyl carbamates (subject to hydrolysis) is 1. The molecule has 0 radical (unpaired) electrons. The SMILES string of the molecule is COC(=O)C[C@H](C(=O)N1CCC[C@H]1C1=NC2=C(C1)c1ccc(-c3ccc4cc(-c5cnc([C@@H]6CCCN6C(=O)[C@@H](NC(=O)OC)C(C)C)[nH]5)ccc4c3)cc1CC2)C1CCOCC1. The van der Waals surface area contributed by atoms with Crippen LogP contribution in [0.25, 0.3) is 38.7 Å². The van der Waals surface area contributed by atoms with Gasteiger partial charge in [-0.15, -0.1) is 0 Å². The van der Waals surface area contributed by atoms with E-state index >= 15 is 0 Å². The molecule has 2 N–H and O–H groups in total. The Morgan fingerprint density at radius 3 is 2.24 bits per heavy atom. The maximum Gasteiger partial charge on any atom is 0.407 e. The average molecular weight is 855 g/mol. The van der Waals surface area contributed by atoms with E-state index in [1.807, 2.05) is 29.8 Å². The number of fused-ring (bicyclic) bond motifs is 3. The number of likely N-dealkylation sites (tertiary alicyclic amines) is 2. The Labute approximate surface area is 368 Å². The molecule has 1 aliphatic carbocycles. The second-order valence-corrected chi connectivity index (χ2v) is 18.1. The number of H-pyrrole nitrogens is 1. The molecule has 3 amide bonds. The fourth-order valence-corrected chi connectivity index (χ4v) is 10.6. The van der Waals surface area contributed by atoms with Crippen LogP contribution in [0.2, 0.25) is 0 Å². The summed E-state index contributed by atoms with van der Waals surface area (Å²) in [6, 6.07) is 18.9. The number of nitrogens with zero attached hydrogens (tertiary/aromatic N) is 4. The number of amides is 3. The minimum absolute atomic E-state index is 0.0478. The molecule has 9 rings (SSSR count). The smallest absolute Gasteiger partial charge is 0.407 e. The van der Waals surface area contributed by atoms with Crippen molar-refractivity contribution in [3.05, 3.63) is 83.4 Å². The largest absolute Gasteiger partial charge is 0.469 e. The first-order chi connectivity index (χ1) is 30.6. The molecule has 5 aliphatic rings. The summed E-state index contributed by atoms with van der Waals surface area (Å²) < 4.78 is 15.4. The number of nitrogens with one attached hydrogen (secondary N) is 2. The average Bonchev–Trinajstić information content (AvgIpc) is 4.16. The van der Waals surface area contributed by atoms with Crippen molar-refractivity contribution >= 4 is 45.9 Å². The fourth-order valence-electron chi connectivity index (χ4n) is 10.6. The number of rotatable bonds is 11. The summed E-state index contributed by atoms with van der Waals surface area (Å²) in [6.45, 7) is 6.35. The summed E-state index contributed by atoms with van der Waals surface area (Å²) in [5.74, 6) is -0.0569. The number of ether oxygens (including phenoxy) is 3. The molecule has 4 aliphatic heterocycles. The van der Waals surface area contributed by atoms with Crippen LogP contribution in [-0.2, 0) is 35.0 Å². The number of hydrogen-bond donors (Lipinski definition) is 2. The Balaban J connectivity index is 0.875. The number of aromatic amines is 1. The van der Waals surface area contributed by atoms with E-state index in [1.165, 1.54) is 36.5 Å². The summed E-state index contributed by atoms with van der Waals surface area (Å²) in [5, 5.41) is 4.97. The van der Waals surface area contributed by atoms with Gasteiger partial charge in [-0.2, -0.15) is 0 Å². The van der Waals surface area contributed by atoms with Crippen LogP contribution in [0.4, 0.5) is 4.79 Å². The summed E-state index contributed by atoms with van der Waals surface area (Å²) in [5.41, 5.74) is 10.3. The number of methoxy groups -OCH3 is 2. The molecule has 63 heavy (non-hydrogen) atoms. The van der Waals surface area contributed by atoms with Gasteiger partial charge in [0.05, 0.1) is 50.5 Å². The first-order valence-electron chi connectivity index (χ1n) is 22.7. The van der Waals surface area contributed by atoms with Crippen molar-refractivity contribution in [2.24, 2.45) is 22.7 Å². The highest BCUT2D eigenvalue weighted by Gasteiger charge is 2.42. The lowest BCUT2D eigenvalue weighted by atomic mass is 9.82. The topological polar surface area (TPSA) is 156 Å². The lowest BCUT2D eigenvalue weighted by molar-refractivity contribution is -0.149. The third-order valence-corrected chi connectivity index (χ3v) is 14.1. The molecule has 330 valence electrons. The van der Waals surface area contributed by atoms with Gasteiger partial charge in [0, 0.05) is 49.7 Å². The summed E-state index contributed by atoms with van der Waals surface area (Å²) in [6.07, 6.45) is 8.88. The molecular weight excluding hydrogens is 797 g/mol. The number of esters is 1. The van der Waals surface area contributed by atoms with Crippen molar-refractivity contribution < 1.29 is 33.4 Å². The van der Waals surface area contributed by atoms with Gasteiger partial charge in [0.15, 0.2) is 0 Å². The molecule has 3 saturated heterocycles. The van der Waals surface area contributed by atoms with Crippen molar-refractivity contribution in [3.63, 3.8) is 0 Å². The third-order valence-electron chi connectivity index (χ3n) is 14.1. The standard InChI is InChI=1S/C50H58N6O7/c1-29(2)46(54-50(60)62-4)49(59)56-20-6-8-44(56)47-51-28-42(53-47)36-12-11-32-23-31(9-10-33(32)25-36)34-13-15-37-35(24-34)14-16-40-39(37)26-41(52-40)43-7-5-19-55(43)48(58)38(27-45(57)61-3)30-17-21-63-22-18-30/h9-13,15,23-25,28-30,38,43-44,46H,5-8,14,16-22,26-27H2,1-4H3,(H,51,53)(H,54,60)/t38-,43-,44-,46-/m0/s1. The highest BCUT2D eigenvalue weighted by molar-refractivity contribution is 6.05. The van der Waals surface area contributed by atoms with Crippen LogP contribution in [0.1, 0.15) is 94.6 Å². The lowest BCUT2D eigenvalue weighted by Gasteiger charge is -2.34. The second kappa shape index (κ2) is 18.1. The van der Waals surface area contributed by atoms with E-state index in [-0.39, 0.29) is 48.1 Å². The Bertz CT molecular complexity index is 2480. The molecule has 3 fully saturated rings. The molecule has 5 heterocycles. The first kappa shape index (κ1) is 42.5. The van der Waals surface area contributed by atoms with Crippen LogP contribution in [0.3, 0.4) is 0 Å². The fraction of sp³-hybridized carbons (Fsp3) is 0.480. The van der Waals surface area contributed by atoms with Gasteiger partial charge < -0.3 is 34.3 Å². The summed E-state index contributed by atoms with van der Waals surface area (Å²) >= 11 is 0. The van der Waals surface area contributed by atoms with Crippen LogP contribution >= 0.6 is 0 Å². The molecule has 0 bridgehead atoms. The van der Waals surface area contributed by atoms with Crippen molar-refractivity contribution in [2.75, 3.05) is 40.5 Å². The molecule has 1 aromatic heterocycles. The second-order valence-electron chi connectivity index (χ2n) is 18.1. The Kier molecular flexibility index (Phi) is 12.2. The third kappa shape index (κ3) is 8.51. The minimum Gasteiger partial charge on any atom is -0.469 e. The van der Waals surface area contributed by atoms with Crippen molar-refractivity contribution in [1.82, 2.24) is 25.1 Å². The van der Waals surface area contributed by atoms with E-state index in [0.717, 1.165) is 103 Å². The highest BCUT2D eigenvalue weighted by atomic mass is 16.5. The molecule has 13 nitrogen and oxygen atoms in total. The lowest BCUT2D eigenvalue weighted by Crippen LogP contribution is -2.51. The van der Waals surface area contributed by atoms with E-state index in [4.69, 9.17) is 24.2 Å². The van der Waals surface area contributed by atoms with E-state index in [1.54, 1.807) is 0 Å². The number of imidazole rings is 1. The zero-order chi connectivity index (χ0) is 43.8. The number of carbonyl (C=O) groups is 4. The minimum atomic E-state index is -0.684. The van der Waals surface area contributed by atoms with Gasteiger partial charge in [-0.25, -0.2) is 9.78 Å². The number of aliphatic imine (C=N–C) groups is 1. The first-order valence-corrected chi connectivity index (χ1v) is 22.7. The maximum atomic E-state index is 14.2. The number of allylic oxidation sites excluding steroid dienone is 2. The van der Waals surface area contributed by atoms with Gasteiger partial charge >= 0.3 is 12.1 Å². The number of benzene rings is 3. The summed E-state index contributed by atoms with van der Waals surface area (Å²) in [7, 11) is 2.69. The van der Waals surface area contributed by atoms with Crippen LogP contribution in [-0.4, -0.2) is 102 Å². The molecular formula is C50H58N6O7. The number of carbonyl (C=O) groups excluding carboxylic acids is 4. The zero-order valence-electron chi connectivity index (χ0n) is 36.8. The van der Waals surface area contributed by atoms with Crippen LogP contribution in [0, 0.1) is 17.8 Å². The van der Waals surface area contributed by atoms with Crippen LogP contribution in [0.15, 0.2) is 71.5 Å². The predicted octanol–water partition coefficient (Wildman–Crippen LogP) is 8.04. The molecule has 3 aromatic carbocycles. The van der Waals surface area contributed by atoms with Gasteiger partial charge in [0.2, 0.25) is 11.8 Å². The van der Waals surface area contributed by atoms with Gasteiger partial charge in [-0.3, -0.25) is 19.4 Å². The van der Waals surface area contributed by atoms with Gasteiger partial charge in [0.25, 0.3) is 0 Å². The van der Waals surface area contributed by atoms with Crippen LogP contribution in [0.5, 0.6) is 0 Å². The van der Waals surface area contributed by atoms with Gasteiger partial charge in [0.1, 0.15) is 11.9 Å². The van der Waals surface area contributed by atoms with E-state index in [2.05, 4.69) is 64.9 Å². The van der Waals surface area contributed by atoms with Gasteiger partial charge in [-0.05, 0) is 114 Å². The van der Waals surface area contributed by atoms with Crippen molar-refractivity contribution in [3.8, 4) is 22.4 Å². The number of aryl methyl sites for hydroxylation is 1. The number of hydrogen-bond acceptors (Lipinski definition) is 9. The molecule has 0 spiro atoms. The normalized spacial score (nSPS) is 21.0. The van der Waals surface area contributed by atoms with Crippen molar-refractivity contribution in [2.45, 2.75) is 96.2 Å². The Morgan fingerprint density at radius 2 is 1.51 bits per heavy atom. The Morgan fingerprint density at radius 1 is 0.825 bits per heavy atom. The summed E-state index contributed by atoms with van der Waals surface area (Å²) in [4.78, 5) is 69.7. The van der Waals surface area contributed by atoms with E-state index in [9.17, 15) is 19.2 Å². The molecule has 4 aromatic rings. The molecule has 0 saturated carbocycles. The van der Waals surface area contributed by atoms with E-state index < -0.39 is 18.1 Å². The van der Waals surface area contributed by atoms with Gasteiger partial charge in [-0.1, -0.05) is 56.3 Å². The molecule has 0 unspecified atom stereocenters. The van der Waals surface area contributed by atoms with E-state index in [0.29, 0.717) is 26.3 Å².